The summed E-state index contributed by atoms with van der Waals surface area (Å²) in [4.78, 5) is 23.0. The van der Waals surface area contributed by atoms with E-state index in [4.69, 9.17) is 0 Å². The van der Waals surface area contributed by atoms with Gasteiger partial charge in [0.05, 0.1) is 0 Å². The van der Waals surface area contributed by atoms with Crippen molar-refractivity contribution in [1.82, 2.24) is 19.7 Å². The van der Waals surface area contributed by atoms with E-state index < -0.39 is 30.8 Å². The summed E-state index contributed by atoms with van der Waals surface area (Å²) in [6.45, 7) is 3.16. The topological polar surface area (TPSA) is 148 Å². The molecule has 0 aromatic carbocycles. The first-order valence-corrected chi connectivity index (χ1v) is 10.5. The molecule has 2 N–H and O–H groups in total. The number of sulfonamides is 1. The molecule has 0 unspecified atom stereocenters. The summed E-state index contributed by atoms with van der Waals surface area (Å²) in [7, 11) is -8.12. The molecule has 2 amide bonds. The summed E-state index contributed by atoms with van der Waals surface area (Å²) in [5.41, 5.74) is 0. The number of urea groups is 1. The van der Waals surface area contributed by atoms with Gasteiger partial charge in [-0.05, 0) is 25.3 Å². The third-order valence-electron chi connectivity index (χ3n) is 2.53. The summed E-state index contributed by atoms with van der Waals surface area (Å²) in [6, 6.07) is -0.0147. The van der Waals surface area contributed by atoms with Gasteiger partial charge < -0.3 is 0 Å². The Bertz CT molecular complexity index is 977. The van der Waals surface area contributed by atoms with Gasteiger partial charge in [0.1, 0.15) is 20.8 Å². The van der Waals surface area contributed by atoms with E-state index in [1.165, 1.54) is 5.38 Å². The highest BCUT2D eigenvalue weighted by atomic mass is 32.2. The minimum absolute atomic E-state index is 0.124. The third kappa shape index (κ3) is 4.24. The zero-order chi connectivity index (χ0) is 18.1. The van der Waals surface area contributed by atoms with E-state index in [2.05, 4.69) is 20.3 Å². The highest BCUT2D eigenvalue weighted by molar-refractivity contribution is 7.95. The zero-order valence-electron chi connectivity index (χ0n) is 12.8. The van der Waals surface area contributed by atoms with Crippen LogP contribution in [0.3, 0.4) is 0 Å². The maximum Gasteiger partial charge on any atom is 0.335 e. The Labute approximate surface area is 142 Å². The number of carbonyl (C=O) groups excluding carboxylic acids is 1. The molecule has 2 heterocycles. The van der Waals surface area contributed by atoms with Crippen LogP contribution in [0.15, 0.2) is 20.6 Å². The maximum absolute atomic E-state index is 12.2. The quantitative estimate of drug-likeness (QED) is 0.764. The number of hydrogen-bond donors (Lipinski definition) is 2. The van der Waals surface area contributed by atoms with Crippen LogP contribution >= 0.6 is 11.3 Å². The Balaban J connectivity index is 2.24. The molecular formula is C11H13N5O5S3. The van der Waals surface area contributed by atoms with E-state index in [0.29, 0.717) is 11.6 Å². The van der Waals surface area contributed by atoms with Crippen molar-refractivity contribution in [1.29, 1.82) is 0 Å². The van der Waals surface area contributed by atoms with Gasteiger partial charge in [0, 0.05) is 6.26 Å². The van der Waals surface area contributed by atoms with Crippen LogP contribution in [0, 0.1) is 13.8 Å². The van der Waals surface area contributed by atoms with Crippen molar-refractivity contribution in [2.75, 3.05) is 11.6 Å². The number of amides is 2. The molecule has 130 valence electrons. The Morgan fingerprint density at radius 1 is 1.08 bits per heavy atom. The normalized spacial score (nSPS) is 12.0. The second-order valence-corrected chi connectivity index (χ2v) is 9.44. The van der Waals surface area contributed by atoms with Gasteiger partial charge in [-0.25, -0.2) is 31.3 Å². The summed E-state index contributed by atoms with van der Waals surface area (Å²) >= 11 is 0.747. The SMILES string of the molecule is Cc1nc(C)nc(NC(=O)NS(=O)(=O)c2ccsc2S(C)(=O)=O)n1. The lowest BCUT2D eigenvalue weighted by Gasteiger charge is -2.08. The molecular weight excluding hydrogens is 378 g/mol. The first-order chi connectivity index (χ1) is 11.0. The lowest BCUT2D eigenvalue weighted by atomic mass is 10.6. The molecule has 2 aromatic heterocycles. The Morgan fingerprint density at radius 3 is 2.21 bits per heavy atom. The van der Waals surface area contributed by atoms with Gasteiger partial charge in [0.25, 0.3) is 10.0 Å². The standard InChI is InChI=1S/C11H13N5O5S3/c1-6-12-7(2)14-10(13-6)15-11(17)16-24(20,21)8-4-5-22-9(8)23(3,18)19/h4-5H,1-3H3,(H2,12,13,14,15,16,17). The van der Waals surface area contributed by atoms with Crippen LogP contribution in [0.1, 0.15) is 11.6 Å². The van der Waals surface area contributed by atoms with Gasteiger partial charge in [0.2, 0.25) is 5.95 Å². The number of hydrogen-bond acceptors (Lipinski definition) is 9. The van der Waals surface area contributed by atoms with E-state index in [-0.39, 0.29) is 10.2 Å². The molecule has 0 aliphatic carbocycles. The largest absolute Gasteiger partial charge is 0.335 e. The van der Waals surface area contributed by atoms with Crippen LogP contribution in [0.5, 0.6) is 0 Å². The second kappa shape index (κ2) is 6.41. The number of rotatable bonds is 4. The molecule has 24 heavy (non-hydrogen) atoms. The third-order valence-corrected chi connectivity index (χ3v) is 6.96. The van der Waals surface area contributed by atoms with Crippen molar-refractivity contribution in [2.24, 2.45) is 0 Å². The maximum atomic E-state index is 12.2. The summed E-state index contributed by atoms with van der Waals surface area (Å²) in [6.07, 6.45) is 0.883. The molecule has 0 bridgehead atoms. The zero-order valence-corrected chi connectivity index (χ0v) is 15.2. The lowest BCUT2D eigenvalue weighted by Crippen LogP contribution is -2.35. The smallest absolute Gasteiger partial charge is 0.275 e. The van der Waals surface area contributed by atoms with E-state index in [1.807, 2.05) is 0 Å². The van der Waals surface area contributed by atoms with E-state index in [9.17, 15) is 21.6 Å². The molecule has 2 aromatic rings. The average Bonchev–Trinajstić information content (AvgIpc) is 2.85. The van der Waals surface area contributed by atoms with Gasteiger partial charge in [0.15, 0.2) is 9.84 Å². The molecule has 0 aliphatic heterocycles. The van der Waals surface area contributed by atoms with Crippen molar-refractivity contribution < 1.29 is 21.6 Å². The molecule has 0 saturated carbocycles. The number of nitrogens with zero attached hydrogens (tertiary/aromatic N) is 3. The fraction of sp³-hybridized carbons (Fsp3) is 0.273. The number of sulfone groups is 1. The molecule has 0 radical (unpaired) electrons. The number of anilines is 1. The van der Waals surface area contributed by atoms with Gasteiger partial charge in [-0.15, -0.1) is 11.3 Å². The number of thiophene rings is 1. The number of carbonyl (C=O) groups is 1. The van der Waals surface area contributed by atoms with E-state index in [0.717, 1.165) is 23.7 Å². The molecule has 13 heteroatoms. The number of aryl methyl sites for hydroxylation is 2. The predicted molar refractivity (Wildman–Crippen MR) is 86.1 cm³/mol. The van der Waals surface area contributed by atoms with Crippen LogP contribution in [-0.2, 0) is 19.9 Å². The van der Waals surface area contributed by atoms with Gasteiger partial charge in [-0.2, -0.15) is 9.97 Å². The molecule has 10 nitrogen and oxygen atoms in total. The molecule has 0 spiro atoms. The van der Waals surface area contributed by atoms with Crippen LogP contribution < -0.4 is 10.0 Å². The van der Waals surface area contributed by atoms with Crippen molar-refractivity contribution in [2.45, 2.75) is 23.0 Å². The van der Waals surface area contributed by atoms with Crippen LogP contribution in [-0.4, -0.2) is 44.1 Å². The van der Waals surface area contributed by atoms with Crippen molar-refractivity contribution in [3.63, 3.8) is 0 Å². The Kier molecular flexibility index (Phi) is 4.87. The first-order valence-electron chi connectivity index (χ1n) is 6.29. The summed E-state index contributed by atoms with van der Waals surface area (Å²) in [5.74, 6) is 0.567. The highest BCUT2D eigenvalue weighted by Crippen LogP contribution is 2.26. The van der Waals surface area contributed by atoms with Crippen molar-refractivity contribution in [3.05, 3.63) is 23.1 Å². The monoisotopic (exact) mass is 391 g/mol. The molecule has 0 aliphatic rings. The van der Waals surface area contributed by atoms with Crippen LogP contribution in [0.4, 0.5) is 10.7 Å². The summed E-state index contributed by atoms with van der Waals surface area (Å²) < 4.78 is 49.0. The second-order valence-electron chi connectivity index (χ2n) is 4.66. The van der Waals surface area contributed by atoms with Crippen molar-refractivity contribution >= 4 is 43.2 Å². The van der Waals surface area contributed by atoms with Gasteiger partial charge in [-0.3, -0.25) is 5.32 Å². The van der Waals surface area contributed by atoms with Crippen LogP contribution in [0.25, 0.3) is 0 Å². The minimum Gasteiger partial charge on any atom is -0.275 e. The minimum atomic E-state index is -4.37. The Morgan fingerprint density at radius 2 is 1.67 bits per heavy atom. The fourth-order valence-electron chi connectivity index (χ4n) is 1.73. The van der Waals surface area contributed by atoms with Crippen LogP contribution in [0.2, 0.25) is 0 Å². The number of aromatic nitrogens is 3. The molecule has 0 atom stereocenters. The van der Waals surface area contributed by atoms with E-state index >= 15 is 0 Å². The van der Waals surface area contributed by atoms with Gasteiger partial charge >= 0.3 is 6.03 Å². The average molecular weight is 391 g/mol. The first kappa shape index (κ1) is 18.2. The molecule has 0 saturated heterocycles. The number of nitrogens with one attached hydrogen (secondary N) is 2. The predicted octanol–water partition coefficient (Wildman–Crippen LogP) is 0.464. The highest BCUT2D eigenvalue weighted by Gasteiger charge is 2.27. The van der Waals surface area contributed by atoms with Crippen molar-refractivity contribution in [3.8, 4) is 0 Å². The Hall–Kier alpha value is -2.12. The molecule has 0 fully saturated rings. The molecule has 2 rings (SSSR count). The fourth-order valence-corrected chi connectivity index (χ4v) is 5.75. The lowest BCUT2D eigenvalue weighted by molar-refractivity contribution is 0.256. The van der Waals surface area contributed by atoms with E-state index in [1.54, 1.807) is 18.6 Å². The van der Waals surface area contributed by atoms with Gasteiger partial charge in [-0.1, -0.05) is 0 Å². The summed E-state index contributed by atoms with van der Waals surface area (Å²) in [5, 5.41) is 3.47.